The first-order chi connectivity index (χ1) is 17.1. The van der Waals surface area contributed by atoms with Crippen LogP contribution in [0.1, 0.15) is 12.5 Å². The monoisotopic (exact) mass is 545 g/mol. The number of carbonyl (C=O) groups excluding carboxylic acids is 1. The molecule has 8 nitrogen and oxygen atoms in total. The minimum Gasteiger partial charge on any atom is -0.495 e. The highest BCUT2D eigenvalue weighted by molar-refractivity contribution is 7.92. The normalized spacial score (nSPS) is 11.4. The zero-order chi connectivity index (χ0) is 26.0. The van der Waals surface area contributed by atoms with Gasteiger partial charge in [-0.05, 0) is 62.4 Å². The topological polar surface area (TPSA) is 97.7 Å². The Hall–Kier alpha value is -3.34. The number of thiazole rings is 1. The minimum absolute atomic E-state index is 0.0232. The molecule has 0 atom stereocenters. The predicted octanol–water partition coefficient (Wildman–Crippen LogP) is 4.89. The number of sulfonamides is 1. The van der Waals surface area contributed by atoms with E-state index in [4.69, 9.17) is 16.3 Å². The van der Waals surface area contributed by atoms with E-state index in [-0.39, 0.29) is 26.2 Å². The molecule has 1 amide bonds. The maximum atomic E-state index is 13.7. The van der Waals surface area contributed by atoms with Crippen LogP contribution in [0.15, 0.2) is 70.4 Å². The Kier molecular flexibility index (Phi) is 7.39. The lowest BCUT2D eigenvalue weighted by Crippen LogP contribution is -2.38. The summed E-state index contributed by atoms with van der Waals surface area (Å²) in [6.07, 6.45) is 0. The van der Waals surface area contributed by atoms with E-state index in [9.17, 15) is 18.0 Å². The molecule has 11 heteroatoms. The number of halogens is 1. The van der Waals surface area contributed by atoms with Gasteiger partial charge in [0.25, 0.3) is 10.0 Å². The van der Waals surface area contributed by atoms with Crippen molar-refractivity contribution < 1.29 is 17.9 Å². The molecular weight excluding hydrogens is 522 g/mol. The third-order valence-electron chi connectivity index (χ3n) is 5.57. The van der Waals surface area contributed by atoms with Crippen molar-refractivity contribution in [2.24, 2.45) is 0 Å². The van der Waals surface area contributed by atoms with Gasteiger partial charge in [-0.25, -0.2) is 8.42 Å². The van der Waals surface area contributed by atoms with Crippen LogP contribution in [0.5, 0.6) is 5.75 Å². The van der Waals surface area contributed by atoms with Gasteiger partial charge in [-0.15, -0.1) is 0 Å². The lowest BCUT2D eigenvalue weighted by molar-refractivity contribution is -0.114. The van der Waals surface area contributed by atoms with E-state index >= 15 is 0 Å². The van der Waals surface area contributed by atoms with Crippen LogP contribution < -0.4 is 19.2 Å². The van der Waals surface area contributed by atoms with E-state index in [2.05, 4.69) is 5.32 Å². The van der Waals surface area contributed by atoms with E-state index in [0.29, 0.717) is 12.2 Å². The van der Waals surface area contributed by atoms with Crippen molar-refractivity contribution in [1.82, 2.24) is 4.57 Å². The molecule has 36 heavy (non-hydrogen) atoms. The molecule has 0 aliphatic rings. The number of aryl methyl sites for hydroxylation is 2. The van der Waals surface area contributed by atoms with Crippen molar-refractivity contribution in [3.8, 4) is 5.75 Å². The summed E-state index contributed by atoms with van der Waals surface area (Å²) in [4.78, 5) is 25.2. The fourth-order valence-corrected chi connectivity index (χ4v) is 6.35. The van der Waals surface area contributed by atoms with Gasteiger partial charge in [-0.2, -0.15) is 0 Å². The summed E-state index contributed by atoms with van der Waals surface area (Å²) in [7, 11) is -2.75. The Bertz CT molecular complexity index is 1590. The molecule has 0 spiro atoms. The Balaban J connectivity index is 1.70. The largest absolute Gasteiger partial charge is 0.495 e. The van der Waals surface area contributed by atoms with Crippen LogP contribution in [0, 0.1) is 6.92 Å². The summed E-state index contributed by atoms with van der Waals surface area (Å²) in [5.74, 6) is -0.329. The first-order valence-corrected chi connectivity index (χ1v) is 13.6. The molecular formula is C25H24ClN3O5S2. The van der Waals surface area contributed by atoms with E-state index in [1.54, 1.807) is 47.0 Å². The number of amides is 1. The average molecular weight is 546 g/mol. The molecule has 0 saturated carbocycles. The van der Waals surface area contributed by atoms with E-state index < -0.39 is 22.5 Å². The van der Waals surface area contributed by atoms with Gasteiger partial charge in [0.15, 0.2) is 0 Å². The Labute approximate surface area is 217 Å². The van der Waals surface area contributed by atoms with Crippen LogP contribution in [0.3, 0.4) is 0 Å². The third kappa shape index (κ3) is 5.11. The zero-order valence-corrected chi connectivity index (χ0v) is 22.2. The highest BCUT2D eigenvalue weighted by Gasteiger charge is 2.30. The van der Waals surface area contributed by atoms with Gasteiger partial charge in [0.2, 0.25) is 5.91 Å². The number of nitrogens with one attached hydrogen (secondary N) is 1. The molecule has 0 aliphatic heterocycles. The van der Waals surface area contributed by atoms with Gasteiger partial charge in [0.05, 0.1) is 27.9 Å². The van der Waals surface area contributed by atoms with Crippen molar-refractivity contribution in [1.29, 1.82) is 0 Å². The van der Waals surface area contributed by atoms with Crippen LogP contribution in [0.2, 0.25) is 5.02 Å². The van der Waals surface area contributed by atoms with Crippen molar-refractivity contribution in [2.45, 2.75) is 25.3 Å². The smallest absolute Gasteiger partial charge is 0.308 e. The first kappa shape index (κ1) is 25.7. The van der Waals surface area contributed by atoms with Crippen LogP contribution in [-0.4, -0.2) is 32.5 Å². The average Bonchev–Trinajstić information content (AvgIpc) is 3.16. The number of fused-ring (bicyclic) bond motifs is 1. The molecule has 0 saturated heterocycles. The third-order valence-corrected chi connectivity index (χ3v) is 8.52. The first-order valence-electron chi connectivity index (χ1n) is 11.0. The van der Waals surface area contributed by atoms with E-state index in [1.165, 1.54) is 25.3 Å². The maximum Gasteiger partial charge on any atom is 0.308 e. The van der Waals surface area contributed by atoms with Crippen LogP contribution in [0.25, 0.3) is 10.2 Å². The molecule has 0 unspecified atom stereocenters. The molecule has 1 N–H and O–H groups in total. The summed E-state index contributed by atoms with van der Waals surface area (Å²) >= 11 is 7.26. The zero-order valence-electron chi connectivity index (χ0n) is 19.8. The minimum atomic E-state index is -4.16. The Morgan fingerprint density at radius 3 is 2.50 bits per heavy atom. The fourth-order valence-electron chi connectivity index (χ4n) is 3.77. The lowest BCUT2D eigenvalue weighted by atomic mass is 10.2. The number of hydrogen-bond acceptors (Lipinski definition) is 6. The Morgan fingerprint density at radius 2 is 1.83 bits per heavy atom. The van der Waals surface area contributed by atoms with E-state index in [0.717, 1.165) is 31.4 Å². The molecule has 0 bridgehead atoms. The van der Waals surface area contributed by atoms with Gasteiger partial charge >= 0.3 is 4.87 Å². The van der Waals surface area contributed by atoms with Crippen molar-refractivity contribution in [3.63, 3.8) is 0 Å². The van der Waals surface area contributed by atoms with Gasteiger partial charge < -0.3 is 10.1 Å². The lowest BCUT2D eigenvalue weighted by Gasteiger charge is -2.26. The predicted molar refractivity (Wildman–Crippen MR) is 144 cm³/mol. The van der Waals surface area contributed by atoms with Crippen LogP contribution in [0.4, 0.5) is 11.4 Å². The number of methoxy groups -OCH3 is 1. The number of benzene rings is 3. The Morgan fingerprint density at radius 1 is 1.11 bits per heavy atom. The second kappa shape index (κ2) is 10.3. The number of anilines is 2. The summed E-state index contributed by atoms with van der Waals surface area (Å²) in [5, 5.41) is 3.03. The fraction of sp³-hybridized carbons (Fsp3) is 0.200. The summed E-state index contributed by atoms with van der Waals surface area (Å²) in [5.41, 5.74) is 2.25. The molecule has 1 heterocycles. The summed E-state index contributed by atoms with van der Waals surface area (Å²) in [6.45, 7) is 3.75. The van der Waals surface area contributed by atoms with Gasteiger partial charge in [-0.3, -0.25) is 18.5 Å². The molecule has 0 fully saturated rings. The van der Waals surface area contributed by atoms with Gasteiger partial charge in [0, 0.05) is 17.3 Å². The quantitative estimate of drug-likeness (QED) is 0.340. The van der Waals surface area contributed by atoms with Gasteiger partial charge in [0.1, 0.15) is 12.3 Å². The van der Waals surface area contributed by atoms with Crippen molar-refractivity contribution in [2.75, 3.05) is 23.3 Å². The molecule has 4 aromatic rings. The molecule has 4 rings (SSSR count). The maximum absolute atomic E-state index is 13.7. The number of aromatic nitrogens is 1. The molecule has 0 radical (unpaired) electrons. The standard InChI is InChI=1S/C25H24ClN3O5S2/c1-4-28-20-11-8-18(14-23(20)35-25(28)31)27-24(30)15-29(21-13-17(26)7-12-22(21)34-3)36(32,33)19-9-5-16(2)6-10-19/h5-14H,4,15H2,1-3H3,(H,27,30). The summed E-state index contributed by atoms with van der Waals surface area (Å²) < 4.78 is 36.1. The number of carbonyl (C=O) groups is 1. The molecule has 1 aromatic heterocycles. The molecule has 188 valence electrons. The molecule has 0 aliphatic carbocycles. The van der Waals surface area contributed by atoms with Crippen LogP contribution >= 0.6 is 22.9 Å². The number of ether oxygens (including phenoxy) is 1. The summed E-state index contributed by atoms with van der Waals surface area (Å²) in [6, 6.07) is 16.0. The van der Waals surface area contributed by atoms with Crippen molar-refractivity contribution in [3.05, 3.63) is 80.9 Å². The number of hydrogen-bond donors (Lipinski definition) is 1. The second-order valence-electron chi connectivity index (χ2n) is 7.98. The van der Waals surface area contributed by atoms with E-state index in [1.807, 2.05) is 13.8 Å². The second-order valence-corrected chi connectivity index (χ2v) is 11.3. The highest BCUT2D eigenvalue weighted by Crippen LogP contribution is 2.35. The SMILES string of the molecule is CCn1c(=O)sc2cc(NC(=O)CN(c3cc(Cl)ccc3OC)S(=O)(=O)c3ccc(C)cc3)ccc21. The highest BCUT2D eigenvalue weighted by atomic mass is 35.5. The molecule has 3 aromatic carbocycles. The van der Waals surface area contributed by atoms with Crippen LogP contribution in [-0.2, 0) is 21.4 Å². The van der Waals surface area contributed by atoms with Gasteiger partial charge in [-0.1, -0.05) is 40.6 Å². The number of rotatable bonds is 8. The van der Waals surface area contributed by atoms with Crippen molar-refractivity contribution >= 4 is 60.5 Å². The number of nitrogens with zero attached hydrogens (tertiary/aromatic N) is 2.